The van der Waals surface area contributed by atoms with E-state index < -0.39 is 40.7 Å². The van der Waals surface area contributed by atoms with Gasteiger partial charge in [0.2, 0.25) is 0 Å². The van der Waals surface area contributed by atoms with Crippen molar-refractivity contribution in [2.24, 2.45) is 5.92 Å². The molecular formula is C77H92F7N9O7. The van der Waals surface area contributed by atoms with Crippen LogP contribution in [0.1, 0.15) is 177 Å². The first-order valence-electron chi connectivity index (χ1n) is 35.1. The number of nitrogens with one attached hydrogen (secondary N) is 2. The maximum absolute atomic E-state index is 14.5. The molecule has 0 radical (unpaired) electrons. The third-order valence-electron chi connectivity index (χ3n) is 22.1. The Morgan fingerprint density at radius 2 is 1.22 bits per heavy atom. The number of ether oxygens (including phenoxy) is 3. The fraction of sp³-hybridized carbons (Fsp3) is 0.481. The van der Waals surface area contributed by atoms with Crippen molar-refractivity contribution in [3.8, 4) is 23.0 Å². The van der Waals surface area contributed by atoms with E-state index in [0.717, 1.165) is 55.6 Å². The van der Waals surface area contributed by atoms with E-state index in [2.05, 4.69) is 65.3 Å². The van der Waals surface area contributed by atoms with E-state index in [0.29, 0.717) is 118 Å². The summed E-state index contributed by atoms with van der Waals surface area (Å²) in [6, 6.07) is 37.8. The summed E-state index contributed by atoms with van der Waals surface area (Å²) in [5, 5.41) is 7.52. The van der Waals surface area contributed by atoms with Crippen LogP contribution in [-0.2, 0) is 41.3 Å². The van der Waals surface area contributed by atoms with E-state index in [1.807, 2.05) is 60.5 Å². The fourth-order valence-corrected chi connectivity index (χ4v) is 16.4. The van der Waals surface area contributed by atoms with E-state index in [1.165, 1.54) is 64.8 Å². The zero-order chi connectivity index (χ0) is 70.5. The van der Waals surface area contributed by atoms with Crippen LogP contribution in [0, 0.1) is 11.7 Å². The van der Waals surface area contributed by atoms with Crippen molar-refractivity contribution in [1.29, 1.82) is 0 Å². The number of carbonyl (C=O) groups excluding carboxylic acids is 4. The third-order valence-corrected chi connectivity index (χ3v) is 22.1. The molecule has 5 fully saturated rings. The lowest BCUT2D eigenvalue weighted by molar-refractivity contribution is -0.144. The highest BCUT2D eigenvalue weighted by Crippen LogP contribution is 2.47. The lowest BCUT2D eigenvalue weighted by Gasteiger charge is -2.52. The van der Waals surface area contributed by atoms with Crippen LogP contribution in [0.5, 0.6) is 23.0 Å². The van der Waals surface area contributed by atoms with Gasteiger partial charge < -0.3 is 53.2 Å². The van der Waals surface area contributed by atoms with Crippen LogP contribution in [0.2, 0.25) is 0 Å². The molecule has 2 saturated carbocycles. The van der Waals surface area contributed by atoms with Gasteiger partial charge in [-0.2, -0.15) is 26.3 Å². The Morgan fingerprint density at radius 1 is 0.590 bits per heavy atom. The topological polar surface area (TPSA) is 148 Å². The van der Waals surface area contributed by atoms with Gasteiger partial charge in [-0.3, -0.25) is 24.1 Å². The number of rotatable bonds is 10. The molecule has 23 heteroatoms. The molecule has 2 N–H and O–H groups in total. The average molecular weight is 1390 g/mol. The summed E-state index contributed by atoms with van der Waals surface area (Å²) in [4.78, 5) is 59.2. The predicted octanol–water partition coefficient (Wildman–Crippen LogP) is 14.8. The Kier molecular flexibility index (Phi) is 19.5. The zero-order valence-electron chi connectivity index (χ0n) is 57.3. The molecule has 8 aliphatic rings. The number of hydrogen-bond acceptors (Lipinski definition) is 10. The lowest BCUT2D eigenvalue weighted by atomic mass is 9.77. The minimum absolute atomic E-state index is 0. The van der Waals surface area contributed by atoms with Crippen LogP contribution in [0.15, 0.2) is 134 Å². The number of piperidine rings is 3. The monoisotopic (exact) mass is 1390 g/mol. The van der Waals surface area contributed by atoms with Crippen molar-refractivity contribution in [3.05, 3.63) is 190 Å². The number of ketones is 1. The molecular weight excluding hydrogens is 1300 g/mol. The molecule has 4 aromatic carbocycles. The molecule has 15 rings (SSSR count). The Labute approximate surface area is 581 Å². The molecule has 3 saturated heterocycles. The molecule has 100 heavy (non-hydrogen) atoms. The molecule has 0 unspecified atom stereocenters. The second-order valence-electron chi connectivity index (χ2n) is 29.1. The lowest BCUT2D eigenvalue weighted by Crippen LogP contribution is -2.61. The van der Waals surface area contributed by atoms with Gasteiger partial charge in [0, 0.05) is 115 Å². The van der Waals surface area contributed by atoms with Gasteiger partial charge in [-0.05, 0) is 179 Å². The van der Waals surface area contributed by atoms with Gasteiger partial charge in [-0.15, -0.1) is 0 Å². The Balaban J connectivity index is 0.000000152. The van der Waals surface area contributed by atoms with Crippen LogP contribution in [0.4, 0.5) is 30.7 Å². The molecule has 536 valence electrons. The van der Waals surface area contributed by atoms with Crippen molar-refractivity contribution < 1.29 is 67.0 Å². The largest absolute Gasteiger partial charge is 0.496 e. The Morgan fingerprint density at radius 3 is 1.88 bits per heavy atom. The number of carbonyl (C=O) groups is 4. The molecule has 0 bridgehead atoms. The van der Waals surface area contributed by atoms with Gasteiger partial charge in [0.1, 0.15) is 22.9 Å². The van der Waals surface area contributed by atoms with Gasteiger partial charge in [-0.25, -0.2) is 4.39 Å². The molecule has 3 spiro atoms. The summed E-state index contributed by atoms with van der Waals surface area (Å²) in [6.07, 6.45) is 4.31. The number of amides is 3. The Hall–Kier alpha value is -8.41. The number of likely N-dealkylation sites (N-methyl/N-ethyl adjacent to an activating group) is 1. The third kappa shape index (κ3) is 13.9. The van der Waals surface area contributed by atoms with E-state index in [1.54, 1.807) is 53.3 Å². The summed E-state index contributed by atoms with van der Waals surface area (Å²) in [6.45, 7) is 11.7. The number of methoxy groups -OCH3 is 1. The predicted molar refractivity (Wildman–Crippen MR) is 368 cm³/mol. The number of nitrogens with zero attached hydrogens (tertiary/aromatic N) is 7. The van der Waals surface area contributed by atoms with Crippen LogP contribution < -0.4 is 24.8 Å². The minimum Gasteiger partial charge on any atom is -0.496 e. The molecule has 6 aliphatic heterocycles. The van der Waals surface area contributed by atoms with Crippen LogP contribution in [0.3, 0.4) is 0 Å². The van der Waals surface area contributed by atoms with Gasteiger partial charge >= 0.3 is 12.4 Å². The molecule has 2 aliphatic carbocycles. The number of halogens is 7. The van der Waals surface area contributed by atoms with Crippen molar-refractivity contribution in [3.63, 3.8) is 0 Å². The van der Waals surface area contributed by atoms with Gasteiger partial charge in [0.05, 0.1) is 41.6 Å². The van der Waals surface area contributed by atoms with Crippen molar-refractivity contribution in [1.82, 2.24) is 43.9 Å². The first-order valence-corrected chi connectivity index (χ1v) is 35.1. The van der Waals surface area contributed by atoms with Crippen LogP contribution in [0.25, 0.3) is 0 Å². The number of para-hydroxylation sites is 2. The summed E-state index contributed by atoms with van der Waals surface area (Å²) < 4.78 is 116. The standard InChI is InChI=1S/C27H37N3O2.C25H27F4N3O3.C25H24F3N3O2.2H2/c1-26(2,3)20-12-11-19(18-23(20)32-4)25(31)29-16-13-27(14-17-29)24-10-7-15-30(24)22-9-6-5-8-21(22)28-27;1-30-12-13-32-19(22(33)25(27,28)29)5-7-21(32)24(30)8-10-31(11-9-24)23(34)17-4-6-20(18(26)14-17)35-15-16-2-3-16;26-25(27,28)22-11-10-21-24(29-14-17-31(21)22)12-15-30(16-13-24)23(32)19-8-4-5-9-20(19)33-18-6-2-1-3-7-18;;/h7,10-12,15,18,21-22,28H,5-6,8-9,13-14,16-17H2,1-4H3;4-7,14,16H,2-3,8-13,15H2,1H3;1-11,29H,12-17H2;2*1H/t21-,22-;;;;/m0..../s1. The molecule has 3 aromatic heterocycles. The summed E-state index contributed by atoms with van der Waals surface area (Å²) in [5.41, 5.74) is 3.16. The van der Waals surface area contributed by atoms with E-state index in [-0.39, 0.29) is 61.6 Å². The molecule has 2 atom stereocenters. The van der Waals surface area contributed by atoms with Gasteiger partial charge in [0.15, 0.2) is 11.6 Å². The molecule has 3 amide bonds. The quantitative estimate of drug-likeness (QED) is 0.100. The number of likely N-dealkylation sites (tertiary alicyclic amines) is 3. The fourth-order valence-electron chi connectivity index (χ4n) is 16.4. The molecule has 16 nitrogen and oxygen atoms in total. The van der Waals surface area contributed by atoms with E-state index in [9.17, 15) is 49.9 Å². The van der Waals surface area contributed by atoms with E-state index in [4.69, 9.17) is 14.2 Å². The number of alkyl halides is 6. The number of Topliss-reactive ketones (excluding diaryl/α,β-unsaturated/α-hetero) is 1. The summed E-state index contributed by atoms with van der Waals surface area (Å²) >= 11 is 0. The normalized spacial score (nSPS) is 20.7. The highest BCUT2D eigenvalue weighted by atomic mass is 19.4. The second kappa shape index (κ2) is 27.8. The molecule has 7 aromatic rings. The highest BCUT2D eigenvalue weighted by Gasteiger charge is 2.51. The average Bonchev–Trinajstić information content (AvgIpc) is 1.45. The summed E-state index contributed by atoms with van der Waals surface area (Å²) in [7, 11) is 3.60. The van der Waals surface area contributed by atoms with Gasteiger partial charge in [0.25, 0.3) is 23.5 Å². The summed E-state index contributed by atoms with van der Waals surface area (Å²) in [5.74, 6) is -0.200. The number of hydrogen-bond donors (Lipinski definition) is 2. The first-order chi connectivity index (χ1) is 47.8. The van der Waals surface area contributed by atoms with Crippen molar-refractivity contribution >= 4 is 23.5 Å². The number of fused-ring (bicyclic) bond motifs is 8. The van der Waals surface area contributed by atoms with Gasteiger partial charge in [-0.1, -0.05) is 70.0 Å². The van der Waals surface area contributed by atoms with Crippen LogP contribution >= 0.6 is 0 Å². The SMILES string of the molecule is CN1CCn2c(C(=O)C(F)(F)F)ccc2C12CCN(C(=O)c1ccc(OCC3CC3)c(F)c1)CC2.COc1cc(C(=O)N2CCC3(CC2)N[C@H]2CCCC[C@@H]2n2cccc23)ccc1C(C)(C)C.O=C(c1ccccc1Oc1ccccc1)N1CCC2(CC1)NCCn1c(C(F)(F)F)ccc12.[HH].[HH]. The number of aromatic nitrogens is 3. The zero-order valence-corrected chi connectivity index (χ0v) is 57.3. The van der Waals surface area contributed by atoms with Crippen molar-refractivity contribution in [2.45, 2.75) is 157 Å². The minimum atomic E-state index is -4.94. The maximum atomic E-state index is 14.5. The first kappa shape index (κ1) is 70.0. The number of benzene rings is 4. The second-order valence-corrected chi connectivity index (χ2v) is 29.1. The smallest absolute Gasteiger partial charge is 0.456 e. The van der Waals surface area contributed by atoms with E-state index >= 15 is 0 Å². The van der Waals surface area contributed by atoms with Crippen molar-refractivity contribution in [2.75, 3.05) is 73.1 Å². The maximum Gasteiger partial charge on any atom is 0.456 e. The molecule has 9 heterocycles. The van der Waals surface area contributed by atoms with Crippen LogP contribution in [-0.4, -0.2) is 142 Å². The Bertz CT molecular complexity index is 4140. The highest BCUT2D eigenvalue weighted by molar-refractivity contribution is 5.99.